The second-order valence-electron chi connectivity index (χ2n) is 4.65. The van der Waals surface area contributed by atoms with E-state index in [9.17, 15) is 14.5 Å². The van der Waals surface area contributed by atoms with E-state index < -0.39 is 4.92 Å². The lowest BCUT2D eigenvalue weighted by Crippen LogP contribution is -2.08. The van der Waals surface area contributed by atoms with E-state index in [4.69, 9.17) is 0 Å². The number of anilines is 1. The number of hydrogen-bond acceptors (Lipinski definition) is 3. The van der Waals surface area contributed by atoms with Gasteiger partial charge in [-0.3, -0.25) is 10.1 Å². The molecule has 0 spiro atoms. The highest BCUT2D eigenvalue weighted by Gasteiger charge is 2.15. The Morgan fingerprint density at radius 3 is 2.60 bits per heavy atom. The molecule has 4 nitrogen and oxygen atoms in total. The summed E-state index contributed by atoms with van der Waals surface area (Å²) in [5, 5.41) is 13.9. The first-order valence-electron chi connectivity index (χ1n) is 6.25. The smallest absolute Gasteiger partial charge is 0.272 e. The van der Waals surface area contributed by atoms with Gasteiger partial charge in [-0.15, -0.1) is 0 Å². The van der Waals surface area contributed by atoms with Crippen LogP contribution in [0.15, 0.2) is 42.5 Å². The Hall–Kier alpha value is -2.43. The molecule has 1 atom stereocenters. The highest BCUT2D eigenvalue weighted by atomic mass is 19.1. The number of rotatable bonds is 4. The van der Waals surface area contributed by atoms with Gasteiger partial charge in [0.05, 0.1) is 10.6 Å². The van der Waals surface area contributed by atoms with Gasteiger partial charge in [-0.25, -0.2) is 4.39 Å². The molecule has 0 aliphatic heterocycles. The van der Waals surface area contributed by atoms with E-state index in [1.165, 1.54) is 12.1 Å². The van der Waals surface area contributed by atoms with Gasteiger partial charge in [-0.2, -0.15) is 0 Å². The molecule has 104 valence electrons. The van der Waals surface area contributed by atoms with Crippen LogP contribution in [-0.2, 0) is 0 Å². The summed E-state index contributed by atoms with van der Waals surface area (Å²) >= 11 is 0. The van der Waals surface area contributed by atoms with Gasteiger partial charge in [0, 0.05) is 17.7 Å². The lowest BCUT2D eigenvalue weighted by Gasteiger charge is -2.16. The highest BCUT2D eigenvalue weighted by molar-refractivity contribution is 5.49. The molecule has 20 heavy (non-hydrogen) atoms. The third kappa shape index (κ3) is 2.93. The van der Waals surface area contributed by atoms with Crippen LogP contribution in [0.5, 0.6) is 0 Å². The van der Waals surface area contributed by atoms with Crippen molar-refractivity contribution in [2.75, 3.05) is 5.32 Å². The van der Waals surface area contributed by atoms with Crippen molar-refractivity contribution in [3.8, 4) is 0 Å². The summed E-state index contributed by atoms with van der Waals surface area (Å²) < 4.78 is 13.6. The lowest BCUT2D eigenvalue weighted by atomic mass is 10.0. The van der Waals surface area contributed by atoms with Crippen molar-refractivity contribution in [1.29, 1.82) is 0 Å². The average Bonchev–Trinajstić information content (AvgIpc) is 2.41. The van der Waals surface area contributed by atoms with Crippen molar-refractivity contribution in [3.05, 3.63) is 69.5 Å². The fourth-order valence-electron chi connectivity index (χ4n) is 1.99. The number of hydrogen-bond donors (Lipinski definition) is 1. The zero-order valence-corrected chi connectivity index (χ0v) is 11.3. The molecule has 2 aromatic carbocycles. The molecular weight excluding hydrogens is 259 g/mol. The molecule has 0 amide bonds. The number of halogens is 1. The molecule has 0 aromatic heterocycles. The lowest BCUT2D eigenvalue weighted by molar-refractivity contribution is -0.385. The van der Waals surface area contributed by atoms with Crippen molar-refractivity contribution >= 4 is 11.4 Å². The third-order valence-electron chi connectivity index (χ3n) is 3.18. The second-order valence-corrected chi connectivity index (χ2v) is 4.65. The Morgan fingerprint density at radius 2 is 1.95 bits per heavy atom. The van der Waals surface area contributed by atoms with Crippen molar-refractivity contribution in [2.45, 2.75) is 19.9 Å². The van der Waals surface area contributed by atoms with Gasteiger partial charge in [0.15, 0.2) is 0 Å². The van der Waals surface area contributed by atoms with Gasteiger partial charge >= 0.3 is 0 Å². The number of nitro groups is 1. The first-order chi connectivity index (χ1) is 9.49. The van der Waals surface area contributed by atoms with Crippen molar-refractivity contribution in [2.24, 2.45) is 0 Å². The zero-order chi connectivity index (χ0) is 14.7. The fourth-order valence-corrected chi connectivity index (χ4v) is 1.99. The van der Waals surface area contributed by atoms with Crippen LogP contribution >= 0.6 is 0 Å². The molecule has 0 bridgehead atoms. The number of nitrogens with one attached hydrogen (secondary N) is 1. The molecule has 5 heteroatoms. The fraction of sp³-hybridized carbons (Fsp3) is 0.200. The minimum absolute atomic E-state index is 0.0738. The Morgan fingerprint density at radius 1 is 1.25 bits per heavy atom. The SMILES string of the molecule is Cc1ccc(C(C)Nc2ccccc2F)cc1[N+](=O)[O-]. The van der Waals surface area contributed by atoms with Crippen LogP contribution in [0.3, 0.4) is 0 Å². The molecule has 0 fully saturated rings. The molecule has 0 heterocycles. The largest absolute Gasteiger partial charge is 0.376 e. The number of para-hydroxylation sites is 1. The maximum atomic E-state index is 13.6. The standard InChI is InChI=1S/C15H15FN2O2/c1-10-7-8-12(9-15(10)18(19)20)11(2)17-14-6-4-3-5-13(14)16/h3-9,11,17H,1-2H3. The summed E-state index contributed by atoms with van der Waals surface area (Å²) in [6, 6.07) is 11.1. The maximum Gasteiger partial charge on any atom is 0.272 e. The number of nitrogens with zero attached hydrogens (tertiary/aromatic N) is 1. The molecule has 1 N–H and O–H groups in total. The number of aryl methyl sites for hydroxylation is 1. The van der Waals surface area contributed by atoms with E-state index in [2.05, 4.69) is 5.32 Å². The van der Waals surface area contributed by atoms with E-state index in [1.54, 1.807) is 37.3 Å². The number of nitro benzene ring substituents is 1. The quantitative estimate of drug-likeness (QED) is 0.671. The topological polar surface area (TPSA) is 55.2 Å². The van der Waals surface area contributed by atoms with E-state index in [-0.39, 0.29) is 17.5 Å². The summed E-state index contributed by atoms with van der Waals surface area (Å²) in [5.74, 6) is -0.346. The summed E-state index contributed by atoms with van der Waals surface area (Å²) in [6.45, 7) is 3.53. The molecule has 1 unspecified atom stereocenters. The van der Waals surface area contributed by atoms with E-state index in [0.29, 0.717) is 11.3 Å². The highest BCUT2D eigenvalue weighted by Crippen LogP contribution is 2.26. The first-order valence-corrected chi connectivity index (χ1v) is 6.25. The van der Waals surface area contributed by atoms with Gasteiger partial charge in [-0.05, 0) is 31.5 Å². The molecular formula is C15H15FN2O2. The van der Waals surface area contributed by atoms with Gasteiger partial charge in [0.2, 0.25) is 0 Å². The normalized spacial score (nSPS) is 11.9. The summed E-state index contributed by atoms with van der Waals surface area (Å²) in [4.78, 5) is 10.5. The average molecular weight is 274 g/mol. The minimum atomic E-state index is -0.408. The monoisotopic (exact) mass is 274 g/mol. The van der Waals surface area contributed by atoms with Crippen LogP contribution in [0.4, 0.5) is 15.8 Å². The molecule has 2 rings (SSSR count). The van der Waals surface area contributed by atoms with Crippen LogP contribution in [0, 0.1) is 22.9 Å². The first kappa shape index (κ1) is 14.0. The van der Waals surface area contributed by atoms with E-state index in [0.717, 1.165) is 5.56 Å². The Labute approximate surface area is 116 Å². The van der Waals surface area contributed by atoms with E-state index >= 15 is 0 Å². The third-order valence-corrected chi connectivity index (χ3v) is 3.18. The Balaban J connectivity index is 2.26. The molecule has 0 saturated heterocycles. The molecule has 0 radical (unpaired) electrons. The minimum Gasteiger partial charge on any atom is -0.376 e. The zero-order valence-electron chi connectivity index (χ0n) is 11.3. The maximum absolute atomic E-state index is 13.6. The van der Waals surface area contributed by atoms with Gasteiger partial charge in [-0.1, -0.05) is 24.3 Å². The molecule has 0 aliphatic rings. The Kier molecular flexibility index (Phi) is 3.98. The number of benzene rings is 2. The van der Waals surface area contributed by atoms with Gasteiger partial charge in [0.25, 0.3) is 5.69 Å². The van der Waals surface area contributed by atoms with Crippen LogP contribution in [0.1, 0.15) is 24.1 Å². The van der Waals surface area contributed by atoms with E-state index in [1.807, 2.05) is 6.92 Å². The molecule has 0 aliphatic carbocycles. The van der Waals surface area contributed by atoms with Crippen molar-refractivity contribution in [1.82, 2.24) is 0 Å². The predicted molar refractivity (Wildman–Crippen MR) is 76.3 cm³/mol. The molecule has 0 saturated carbocycles. The summed E-state index contributed by atoms with van der Waals surface area (Å²) in [5.41, 5.74) is 1.80. The Bertz CT molecular complexity index is 644. The summed E-state index contributed by atoms with van der Waals surface area (Å²) in [6.07, 6.45) is 0. The van der Waals surface area contributed by atoms with Crippen LogP contribution in [0.25, 0.3) is 0 Å². The van der Waals surface area contributed by atoms with Gasteiger partial charge in [0.1, 0.15) is 5.82 Å². The van der Waals surface area contributed by atoms with Crippen LogP contribution < -0.4 is 5.32 Å². The second kappa shape index (κ2) is 5.69. The van der Waals surface area contributed by atoms with Crippen LogP contribution in [-0.4, -0.2) is 4.92 Å². The predicted octanol–water partition coefficient (Wildman–Crippen LogP) is 4.22. The van der Waals surface area contributed by atoms with Gasteiger partial charge < -0.3 is 5.32 Å². The summed E-state index contributed by atoms with van der Waals surface area (Å²) in [7, 11) is 0. The van der Waals surface area contributed by atoms with Crippen LogP contribution in [0.2, 0.25) is 0 Å². The molecule has 2 aromatic rings. The van der Waals surface area contributed by atoms with Crippen molar-refractivity contribution in [3.63, 3.8) is 0 Å². The van der Waals surface area contributed by atoms with Crippen molar-refractivity contribution < 1.29 is 9.31 Å².